The van der Waals surface area contributed by atoms with Crippen molar-refractivity contribution in [3.05, 3.63) is 41.7 Å². The van der Waals surface area contributed by atoms with E-state index in [4.69, 9.17) is 0 Å². The molecule has 6 heteroatoms. The average molecular weight is 342 g/mol. The zero-order valence-electron chi connectivity index (χ0n) is 13.9. The summed E-state index contributed by atoms with van der Waals surface area (Å²) in [6, 6.07) is 4.46. The second kappa shape index (κ2) is 5.79. The summed E-state index contributed by atoms with van der Waals surface area (Å²) in [6.45, 7) is 1.72. The number of nitrogens with one attached hydrogen (secondary N) is 1. The average Bonchev–Trinajstić information content (AvgIpc) is 3.24. The lowest BCUT2D eigenvalue weighted by molar-refractivity contribution is -0.140. The number of benzene rings is 1. The van der Waals surface area contributed by atoms with Crippen LogP contribution in [0.3, 0.4) is 0 Å². The number of rotatable bonds is 4. The molecular formula is C19H19FN2O3. The lowest BCUT2D eigenvalue weighted by atomic mass is 9.85. The summed E-state index contributed by atoms with van der Waals surface area (Å²) in [7, 11) is 0. The van der Waals surface area contributed by atoms with E-state index in [1.807, 2.05) is 12.2 Å². The van der Waals surface area contributed by atoms with Crippen molar-refractivity contribution in [2.75, 3.05) is 11.9 Å². The van der Waals surface area contributed by atoms with Gasteiger partial charge in [0.1, 0.15) is 5.82 Å². The maximum absolute atomic E-state index is 13.5. The van der Waals surface area contributed by atoms with E-state index in [0.29, 0.717) is 11.3 Å². The van der Waals surface area contributed by atoms with Crippen LogP contribution in [0.5, 0.6) is 0 Å². The van der Waals surface area contributed by atoms with E-state index in [1.54, 1.807) is 19.1 Å². The van der Waals surface area contributed by atoms with Gasteiger partial charge in [-0.3, -0.25) is 19.3 Å². The third kappa shape index (κ3) is 2.56. The van der Waals surface area contributed by atoms with E-state index in [-0.39, 0.29) is 54.4 Å². The lowest BCUT2D eigenvalue weighted by Gasteiger charge is -2.17. The Morgan fingerprint density at radius 3 is 2.44 bits per heavy atom. The van der Waals surface area contributed by atoms with Crippen LogP contribution in [0.15, 0.2) is 30.4 Å². The molecule has 1 saturated carbocycles. The molecule has 1 N–H and O–H groups in total. The Hall–Kier alpha value is -2.50. The number of nitrogens with zero attached hydrogens (tertiary/aromatic N) is 1. The van der Waals surface area contributed by atoms with Crippen LogP contribution in [0, 0.1) is 36.4 Å². The second-order valence-electron chi connectivity index (χ2n) is 7.09. The summed E-state index contributed by atoms with van der Waals surface area (Å²) < 4.78 is 13.5. The van der Waals surface area contributed by atoms with Gasteiger partial charge in [0, 0.05) is 18.7 Å². The molecule has 25 heavy (non-hydrogen) atoms. The number of carbonyl (C=O) groups excluding carboxylic acids is 3. The molecule has 0 spiro atoms. The number of allylic oxidation sites excluding steroid dienone is 2. The summed E-state index contributed by atoms with van der Waals surface area (Å²) in [6.07, 6.45) is 4.98. The number of hydrogen-bond acceptors (Lipinski definition) is 3. The quantitative estimate of drug-likeness (QED) is 0.674. The van der Waals surface area contributed by atoms with Gasteiger partial charge in [-0.2, -0.15) is 0 Å². The minimum Gasteiger partial charge on any atom is -0.326 e. The van der Waals surface area contributed by atoms with Gasteiger partial charge in [-0.05, 0) is 42.9 Å². The predicted octanol–water partition coefficient (Wildman–Crippen LogP) is 2.27. The van der Waals surface area contributed by atoms with Crippen LogP contribution in [0.4, 0.5) is 10.1 Å². The monoisotopic (exact) mass is 342 g/mol. The van der Waals surface area contributed by atoms with Gasteiger partial charge in [0.05, 0.1) is 11.8 Å². The van der Waals surface area contributed by atoms with Crippen LogP contribution in [-0.4, -0.2) is 29.2 Å². The summed E-state index contributed by atoms with van der Waals surface area (Å²) in [5.41, 5.74) is 0.868. The topological polar surface area (TPSA) is 66.5 Å². The zero-order valence-corrected chi connectivity index (χ0v) is 13.9. The molecule has 1 saturated heterocycles. The Labute approximate surface area is 144 Å². The molecule has 1 aromatic carbocycles. The molecule has 4 rings (SSSR count). The van der Waals surface area contributed by atoms with Gasteiger partial charge < -0.3 is 5.32 Å². The Balaban J connectivity index is 1.37. The Kier molecular flexibility index (Phi) is 3.71. The first-order valence-corrected chi connectivity index (χ1v) is 8.55. The number of aryl methyl sites for hydroxylation is 1. The van der Waals surface area contributed by atoms with E-state index >= 15 is 0 Å². The number of amides is 3. The maximum Gasteiger partial charge on any atom is 0.233 e. The van der Waals surface area contributed by atoms with Crippen molar-refractivity contribution in [3.8, 4) is 0 Å². The molecule has 1 aliphatic heterocycles. The second-order valence-corrected chi connectivity index (χ2v) is 7.09. The third-order valence-corrected chi connectivity index (χ3v) is 5.58. The summed E-state index contributed by atoms with van der Waals surface area (Å²) in [5, 5.41) is 2.60. The van der Waals surface area contributed by atoms with E-state index in [0.717, 1.165) is 6.42 Å². The van der Waals surface area contributed by atoms with E-state index in [1.165, 1.54) is 11.0 Å². The summed E-state index contributed by atoms with van der Waals surface area (Å²) >= 11 is 0. The summed E-state index contributed by atoms with van der Waals surface area (Å²) in [4.78, 5) is 38.4. The van der Waals surface area contributed by atoms with Gasteiger partial charge in [0.15, 0.2) is 0 Å². The molecule has 4 atom stereocenters. The van der Waals surface area contributed by atoms with Crippen LogP contribution in [0.2, 0.25) is 0 Å². The van der Waals surface area contributed by atoms with Crippen LogP contribution in [-0.2, 0) is 14.4 Å². The highest BCUT2D eigenvalue weighted by Crippen LogP contribution is 2.52. The Morgan fingerprint density at radius 1 is 1.20 bits per heavy atom. The molecule has 3 aliphatic rings. The van der Waals surface area contributed by atoms with Gasteiger partial charge in [-0.1, -0.05) is 18.2 Å². The van der Waals surface area contributed by atoms with Crippen molar-refractivity contribution in [2.45, 2.75) is 19.8 Å². The van der Waals surface area contributed by atoms with Gasteiger partial charge >= 0.3 is 0 Å². The Morgan fingerprint density at radius 2 is 1.84 bits per heavy atom. The van der Waals surface area contributed by atoms with E-state index in [2.05, 4.69) is 5.32 Å². The largest absolute Gasteiger partial charge is 0.326 e. The molecule has 2 fully saturated rings. The molecular weight excluding hydrogens is 323 g/mol. The van der Waals surface area contributed by atoms with Crippen molar-refractivity contribution in [1.82, 2.24) is 4.90 Å². The van der Waals surface area contributed by atoms with Gasteiger partial charge in [0.2, 0.25) is 17.7 Å². The van der Waals surface area contributed by atoms with Crippen molar-refractivity contribution in [3.63, 3.8) is 0 Å². The van der Waals surface area contributed by atoms with E-state index < -0.39 is 5.82 Å². The molecule has 5 nitrogen and oxygen atoms in total. The molecule has 0 unspecified atom stereocenters. The van der Waals surface area contributed by atoms with Crippen molar-refractivity contribution in [1.29, 1.82) is 0 Å². The first-order chi connectivity index (χ1) is 12.0. The number of carbonyl (C=O) groups is 3. The highest BCUT2D eigenvalue weighted by atomic mass is 19.1. The van der Waals surface area contributed by atoms with Crippen molar-refractivity contribution in [2.24, 2.45) is 23.7 Å². The first kappa shape index (κ1) is 16.0. The normalized spacial score (nSPS) is 29.4. The Bertz CT molecular complexity index is 774. The van der Waals surface area contributed by atoms with Gasteiger partial charge in [0.25, 0.3) is 0 Å². The maximum atomic E-state index is 13.5. The fourth-order valence-corrected chi connectivity index (χ4v) is 4.29. The number of fused-ring (bicyclic) bond motifs is 5. The van der Waals surface area contributed by atoms with Crippen LogP contribution in [0.25, 0.3) is 0 Å². The number of likely N-dealkylation sites (tertiary alicyclic amines) is 1. The van der Waals surface area contributed by atoms with Crippen molar-refractivity contribution < 1.29 is 18.8 Å². The third-order valence-electron chi connectivity index (χ3n) is 5.58. The minimum atomic E-state index is -0.390. The zero-order chi connectivity index (χ0) is 17.7. The van der Waals surface area contributed by atoms with E-state index in [9.17, 15) is 18.8 Å². The smallest absolute Gasteiger partial charge is 0.233 e. The molecule has 0 radical (unpaired) electrons. The highest BCUT2D eigenvalue weighted by molar-refractivity contribution is 6.06. The molecule has 130 valence electrons. The molecule has 0 aromatic heterocycles. The van der Waals surface area contributed by atoms with Crippen LogP contribution < -0.4 is 5.32 Å². The SMILES string of the molecule is Cc1ccc(NC(=O)CCN2C(=O)[C@@H]3[C@H](C2=O)[C@H]2C=C[C@H]3C2)cc1F. The molecule has 2 bridgehead atoms. The van der Waals surface area contributed by atoms with Crippen LogP contribution in [0.1, 0.15) is 18.4 Å². The molecule has 1 heterocycles. The standard InChI is InChI=1S/C19H19FN2O3/c1-10-2-5-13(9-14(10)20)21-15(23)6-7-22-18(24)16-11-3-4-12(8-11)17(16)19(22)25/h2-5,9,11-12,16-17H,6-8H2,1H3,(H,21,23)/t11-,12-,16-,17+/m0/s1. The van der Waals surface area contributed by atoms with Crippen molar-refractivity contribution >= 4 is 23.4 Å². The van der Waals surface area contributed by atoms with Gasteiger partial charge in [-0.25, -0.2) is 4.39 Å². The number of anilines is 1. The number of hydrogen-bond donors (Lipinski definition) is 1. The van der Waals surface area contributed by atoms with Gasteiger partial charge in [-0.15, -0.1) is 0 Å². The fourth-order valence-electron chi connectivity index (χ4n) is 4.29. The lowest BCUT2D eigenvalue weighted by Crippen LogP contribution is -2.35. The fraction of sp³-hybridized carbons (Fsp3) is 0.421. The molecule has 2 aliphatic carbocycles. The predicted molar refractivity (Wildman–Crippen MR) is 88.8 cm³/mol. The first-order valence-electron chi connectivity index (χ1n) is 8.55. The minimum absolute atomic E-state index is 0.00910. The molecule has 3 amide bonds. The molecule has 1 aromatic rings. The number of imide groups is 1. The highest BCUT2D eigenvalue weighted by Gasteiger charge is 2.58. The van der Waals surface area contributed by atoms with Crippen LogP contribution >= 0.6 is 0 Å². The summed E-state index contributed by atoms with van der Waals surface area (Å²) in [5.74, 6) is -1.18. The number of halogens is 1.